The maximum Gasteiger partial charge on any atom is 0.142 e. The minimum Gasteiger partial charge on any atom is -0.220 e. The van der Waals surface area contributed by atoms with Crippen molar-refractivity contribution in [1.82, 2.24) is 0 Å². The zero-order valence-corrected chi connectivity index (χ0v) is 12.3. The molecule has 94 valence electrons. The van der Waals surface area contributed by atoms with Crippen molar-refractivity contribution < 1.29 is 8.78 Å². The monoisotopic (exact) mass is 275 g/mol. The van der Waals surface area contributed by atoms with Crippen LogP contribution in [-0.4, -0.2) is 10.5 Å². The van der Waals surface area contributed by atoms with E-state index in [4.69, 9.17) is 0 Å². The molecule has 0 heterocycles. The van der Waals surface area contributed by atoms with E-state index in [1.165, 1.54) is 24.1 Å². The summed E-state index contributed by atoms with van der Waals surface area (Å²) in [5.41, 5.74) is 0.318. The van der Waals surface area contributed by atoms with Crippen LogP contribution in [0.25, 0.3) is 0 Å². The van der Waals surface area contributed by atoms with E-state index in [2.05, 4.69) is 13.6 Å². The molecular weight excluding hydrogens is 259 g/mol. The Kier molecular flexibility index (Phi) is 4.68. The molecule has 0 N–H and O–H groups in total. The van der Waals surface area contributed by atoms with Crippen LogP contribution in [0.3, 0.4) is 0 Å². The van der Waals surface area contributed by atoms with Crippen molar-refractivity contribution in [3.63, 3.8) is 0 Å². The summed E-state index contributed by atoms with van der Waals surface area (Å²) in [7, 11) is 2.25. The summed E-state index contributed by atoms with van der Waals surface area (Å²) in [6, 6.07) is 2.64. The highest BCUT2D eigenvalue weighted by Crippen LogP contribution is 2.26. The van der Waals surface area contributed by atoms with Crippen LogP contribution in [0.4, 0.5) is 8.78 Å². The SMILES string of the molecule is CC(=NSC(C)(C)C)c1c(F)ccc(P)c1F. The zero-order chi connectivity index (χ0) is 13.2. The maximum atomic E-state index is 13.8. The van der Waals surface area contributed by atoms with Gasteiger partial charge in [-0.2, -0.15) is 0 Å². The van der Waals surface area contributed by atoms with Crippen LogP contribution in [0.1, 0.15) is 33.3 Å². The predicted octanol–water partition coefficient (Wildman–Crippen LogP) is 3.72. The molecule has 1 nitrogen and oxygen atoms in total. The number of hydrogen-bond donors (Lipinski definition) is 0. The van der Waals surface area contributed by atoms with Gasteiger partial charge < -0.3 is 0 Å². The quantitative estimate of drug-likeness (QED) is 0.455. The molecule has 0 aromatic heterocycles. The van der Waals surface area contributed by atoms with Crippen LogP contribution in [-0.2, 0) is 0 Å². The van der Waals surface area contributed by atoms with Gasteiger partial charge in [-0.3, -0.25) is 0 Å². The molecule has 0 aliphatic rings. The van der Waals surface area contributed by atoms with E-state index in [1.54, 1.807) is 6.92 Å². The van der Waals surface area contributed by atoms with Gasteiger partial charge in [0, 0.05) is 10.1 Å². The third kappa shape index (κ3) is 4.04. The fourth-order valence-electron chi connectivity index (χ4n) is 1.15. The first kappa shape index (κ1) is 14.6. The highest BCUT2D eigenvalue weighted by molar-refractivity contribution is 7.99. The lowest BCUT2D eigenvalue weighted by atomic mass is 10.1. The molecule has 5 heteroatoms. The maximum absolute atomic E-state index is 13.8. The van der Waals surface area contributed by atoms with Gasteiger partial charge in [0.25, 0.3) is 0 Å². The molecular formula is C12H16F2NPS. The van der Waals surface area contributed by atoms with Crippen molar-refractivity contribution in [2.75, 3.05) is 0 Å². The number of benzene rings is 1. The van der Waals surface area contributed by atoms with Gasteiger partial charge in [0.05, 0.1) is 11.3 Å². The molecule has 1 rings (SSSR count). The Morgan fingerprint density at radius 3 is 2.41 bits per heavy atom. The average Bonchev–Trinajstić information content (AvgIpc) is 2.20. The van der Waals surface area contributed by atoms with E-state index in [9.17, 15) is 8.78 Å². The average molecular weight is 275 g/mol. The van der Waals surface area contributed by atoms with Crippen LogP contribution in [0.15, 0.2) is 16.5 Å². The second-order valence-corrected chi connectivity index (χ2v) is 6.92. The fraction of sp³-hybridized carbons (Fsp3) is 0.417. The summed E-state index contributed by atoms with van der Waals surface area (Å²) >= 11 is 1.31. The first-order valence-electron chi connectivity index (χ1n) is 5.19. The first-order valence-corrected chi connectivity index (χ1v) is 6.54. The van der Waals surface area contributed by atoms with Gasteiger partial charge in [-0.25, -0.2) is 13.2 Å². The second-order valence-electron chi connectivity index (χ2n) is 4.71. The van der Waals surface area contributed by atoms with E-state index >= 15 is 0 Å². The summed E-state index contributed by atoms with van der Waals surface area (Å²) in [6.07, 6.45) is 0. The van der Waals surface area contributed by atoms with Gasteiger partial charge >= 0.3 is 0 Å². The predicted molar refractivity (Wildman–Crippen MR) is 75.3 cm³/mol. The van der Waals surface area contributed by atoms with Gasteiger partial charge in [0.15, 0.2) is 0 Å². The Labute approximate surface area is 107 Å². The molecule has 1 atom stereocenters. The van der Waals surface area contributed by atoms with Gasteiger partial charge in [-0.05, 0) is 51.8 Å². The topological polar surface area (TPSA) is 12.4 Å². The third-order valence-electron chi connectivity index (χ3n) is 1.94. The van der Waals surface area contributed by atoms with Crippen LogP contribution in [0.2, 0.25) is 0 Å². The summed E-state index contributed by atoms with van der Waals surface area (Å²) in [5.74, 6) is -1.14. The van der Waals surface area contributed by atoms with Crippen LogP contribution in [0.5, 0.6) is 0 Å². The van der Waals surface area contributed by atoms with Crippen LogP contribution >= 0.6 is 21.2 Å². The molecule has 1 aromatic rings. The van der Waals surface area contributed by atoms with E-state index in [-0.39, 0.29) is 10.3 Å². The molecule has 17 heavy (non-hydrogen) atoms. The van der Waals surface area contributed by atoms with Gasteiger partial charge in [0.2, 0.25) is 0 Å². The standard InChI is InChI=1S/C12H16F2NPS/c1-7(15-17-12(2,3)4)10-8(13)5-6-9(16)11(10)14/h5-6H,16H2,1-4H3. The number of nitrogens with zero attached hydrogens (tertiary/aromatic N) is 1. The molecule has 0 saturated carbocycles. The van der Waals surface area contributed by atoms with E-state index in [0.717, 1.165) is 0 Å². The van der Waals surface area contributed by atoms with Crippen LogP contribution in [0, 0.1) is 11.6 Å². The molecule has 0 aliphatic carbocycles. The summed E-state index contributed by atoms with van der Waals surface area (Å²) in [4.78, 5) is 0. The lowest BCUT2D eigenvalue weighted by Crippen LogP contribution is -2.12. The van der Waals surface area contributed by atoms with Gasteiger partial charge in [-0.15, -0.1) is 9.24 Å². The van der Waals surface area contributed by atoms with Crippen molar-refractivity contribution in [1.29, 1.82) is 0 Å². The molecule has 0 aliphatic heterocycles. The minimum absolute atomic E-state index is 0.0470. The Bertz CT molecular complexity index is 453. The smallest absolute Gasteiger partial charge is 0.142 e. The molecule has 0 bridgehead atoms. The van der Waals surface area contributed by atoms with Crippen molar-refractivity contribution in [3.8, 4) is 0 Å². The molecule has 0 radical (unpaired) electrons. The molecule has 0 spiro atoms. The minimum atomic E-state index is -0.579. The van der Waals surface area contributed by atoms with Crippen LogP contribution < -0.4 is 5.30 Å². The van der Waals surface area contributed by atoms with Crippen molar-refractivity contribution in [3.05, 3.63) is 29.3 Å². The highest BCUT2D eigenvalue weighted by atomic mass is 32.2. The van der Waals surface area contributed by atoms with E-state index in [0.29, 0.717) is 11.0 Å². The lowest BCUT2D eigenvalue weighted by molar-refractivity contribution is 0.584. The van der Waals surface area contributed by atoms with Crippen molar-refractivity contribution in [2.45, 2.75) is 32.4 Å². The third-order valence-corrected chi connectivity index (χ3v) is 3.30. The van der Waals surface area contributed by atoms with E-state index in [1.807, 2.05) is 20.8 Å². The summed E-state index contributed by atoms with van der Waals surface area (Å²) in [5, 5.41) is 0.344. The number of hydrogen-bond acceptors (Lipinski definition) is 2. The lowest BCUT2D eigenvalue weighted by Gasteiger charge is -2.14. The second kappa shape index (κ2) is 5.45. The number of halogens is 2. The van der Waals surface area contributed by atoms with Crippen molar-refractivity contribution >= 4 is 32.2 Å². The Morgan fingerprint density at radius 2 is 1.88 bits per heavy atom. The van der Waals surface area contributed by atoms with Gasteiger partial charge in [0.1, 0.15) is 11.6 Å². The summed E-state index contributed by atoms with van der Waals surface area (Å²) < 4.78 is 31.4. The molecule has 0 saturated heterocycles. The Hall–Kier alpha value is -0.470. The normalized spacial score (nSPS) is 13.0. The summed E-state index contributed by atoms with van der Waals surface area (Å²) in [6.45, 7) is 7.60. The molecule has 1 unspecified atom stereocenters. The molecule has 1 aromatic carbocycles. The first-order chi connectivity index (χ1) is 7.72. The molecule has 0 amide bonds. The van der Waals surface area contributed by atoms with E-state index < -0.39 is 11.6 Å². The van der Waals surface area contributed by atoms with Crippen molar-refractivity contribution in [2.24, 2.45) is 4.40 Å². The zero-order valence-electron chi connectivity index (χ0n) is 10.3. The Balaban J connectivity index is 3.12. The Morgan fingerprint density at radius 1 is 1.29 bits per heavy atom. The molecule has 0 fully saturated rings. The van der Waals surface area contributed by atoms with Gasteiger partial charge in [-0.1, -0.05) is 0 Å². The largest absolute Gasteiger partial charge is 0.220 e. The number of rotatable bonds is 2. The highest BCUT2D eigenvalue weighted by Gasteiger charge is 2.16. The fourth-order valence-corrected chi connectivity index (χ4v) is 1.89.